The lowest BCUT2D eigenvalue weighted by atomic mass is 9.99. The van der Waals surface area contributed by atoms with Gasteiger partial charge in [-0.25, -0.2) is 0 Å². The van der Waals surface area contributed by atoms with Crippen LogP contribution >= 0.6 is 0 Å². The van der Waals surface area contributed by atoms with Crippen molar-refractivity contribution >= 4 is 5.78 Å². The van der Waals surface area contributed by atoms with E-state index in [-0.39, 0.29) is 23.5 Å². The summed E-state index contributed by atoms with van der Waals surface area (Å²) in [4.78, 5) is 12.8. The minimum Gasteiger partial charge on any atom is -0.508 e. The van der Waals surface area contributed by atoms with E-state index < -0.39 is 42.2 Å². The van der Waals surface area contributed by atoms with Crippen molar-refractivity contribution < 1.29 is 39.8 Å². The molecule has 0 saturated carbocycles. The van der Waals surface area contributed by atoms with Crippen LogP contribution in [-0.2, 0) is 11.2 Å². The Morgan fingerprint density at radius 3 is 2.37 bits per heavy atom. The first-order valence-corrected chi connectivity index (χ1v) is 9.68. The fraction of sp³-hybridized carbons (Fsp3) is 0.409. The predicted molar refractivity (Wildman–Crippen MR) is 107 cm³/mol. The fourth-order valence-corrected chi connectivity index (χ4v) is 3.33. The summed E-state index contributed by atoms with van der Waals surface area (Å²) >= 11 is 0. The Kier molecular flexibility index (Phi) is 6.62. The molecule has 8 heteroatoms. The molecular formula is C22H26O8. The van der Waals surface area contributed by atoms with Crippen LogP contribution in [0.15, 0.2) is 36.4 Å². The van der Waals surface area contributed by atoms with Gasteiger partial charge in [0.2, 0.25) is 6.29 Å². The molecule has 0 aliphatic carbocycles. The van der Waals surface area contributed by atoms with E-state index in [9.17, 15) is 30.3 Å². The van der Waals surface area contributed by atoms with Gasteiger partial charge in [0.05, 0.1) is 6.10 Å². The van der Waals surface area contributed by atoms with Crippen molar-refractivity contribution in [2.75, 3.05) is 0 Å². The number of ketones is 1. The highest BCUT2D eigenvalue weighted by molar-refractivity contribution is 6.01. The summed E-state index contributed by atoms with van der Waals surface area (Å²) in [5, 5.41) is 50.0. The van der Waals surface area contributed by atoms with Crippen LogP contribution in [0.4, 0.5) is 0 Å². The summed E-state index contributed by atoms with van der Waals surface area (Å²) in [5.41, 5.74) is 1.89. The third-order valence-corrected chi connectivity index (χ3v) is 5.16. The van der Waals surface area contributed by atoms with Crippen molar-refractivity contribution in [1.82, 2.24) is 0 Å². The van der Waals surface area contributed by atoms with Gasteiger partial charge >= 0.3 is 0 Å². The van der Waals surface area contributed by atoms with Crippen molar-refractivity contribution in [2.45, 2.75) is 57.4 Å². The molecule has 2 aromatic rings. The number of hydrogen-bond acceptors (Lipinski definition) is 8. The quantitative estimate of drug-likeness (QED) is 0.445. The highest BCUT2D eigenvalue weighted by Gasteiger charge is 2.43. The van der Waals surface area contributed by atoms with Crippen molar-refractivity contribution in [3.05, 3.63) is 53.1 Å². The largest absolute Gasteiger partial charge is 0.508 e. The molecular weight excluding hydrogens is 392 g/mol. The summed E-state index contributed by atoms with van der Waals surface area (Å²) in [7, 11) is 0. The van der Waals surface area contributed by atoms with Crippen LogP contribution in [0.3, 0.4) is 0 Å². The third-order valence-electron chi connectivity index (χ3n) is 5.16. The molecule has 5 atom stereocenters. The van der Waals surface area contributed by atoms with Gasteiger partial charge < -0.3 is 35.0 Å². The summed E-state index contributed by atoms with van der Waals surface area (Å²) in [5.74, 6) is -1.45. The summed E-state index contributed by atoms with van der Waals surface area (Å²) in [6, 6.07) is 9.85. The number of ether oxygens (including phenoxy) is 2. The monoisotopic (exact) mass is 418 g/mol. The average Bonchev–Trinajstić information content (AvgIpc) is 2.69. The second-order valence-electron chi connectivity index (χ2n) is 7.55. The third kappa shape index (κ3) is 4.73. The van der Waals surface area contributed by atoms with E-state index in [1.807, 2.05) is 31.2 Å². The average molecular weight is 418 g/mol. The van der Waals surface area contributed by atoms with E-state index >= 15 is 0 Å². The smallest absolute Gasteiger partial charge is 0.229 e. The van der Waals surface area contributed by atoms with E-state index in [1.54, 1.807) is 0 Å². The van der Waals surface area contributed by atoms with Crippen LogP contribution in [0.1, 0.15) is 34.8 Å². The summed E-state index contributed by atoms with van der Waals surface area (Å²) < 4.78 is 10.9. The van der Waals surface area contributed by atoms with Gasteiger partial charge in [-0.1, -0.05) is 29.8 Å². The first kappa shape index (κ1) is 22.0. The number of aliphatic hydroxyl groups excluding tert-OH is 3. The summed E-state index contributed by atoms with van der Waals surface area (Å²) in [6.45, 7) is 3.45. The normalized spacial score (nSPS) is 26.4. The molecule has 2 aromatic carbocycles. The van der Waals surface area contributed by atoms with Crippen molar-refractivity contribution in [3.8, 4) is 17.2 Å². The number of hydrogen-bond donors (Lipinski definition) is 5. The number of phenols is 2. The Bertz CT molecular complexity index is 895. The van der Waals surface area contributed by atoms with Gasteiger partial charge in [0.15, 0.2) is 5.78 Å². The molecule has 0 bridgehead atoms. The number of aryl methyl sites for hydroxylation is 2. The zero-order valence-electron chi connectivity index (χ0n) is 16.7. The van der Waals surface area contributed by atoms with Gasteiger partial charge in [-0.3, -0.25) is 4.79 Å². The van der Waals surface area contributed by atoms with Crippen molar-refractivity contribution in [1.29, 1.82) is 0 Å². The number of aliphatic hydroxyl groups is 3. The van der Waals surface area contributed by atoms with E-state index in [0.717, 1.165) is 23.3 Å². The molecule has 1 heterocycles. The highest BCUT2D eigenvalue weighted by atomic mass is 16.7. The maximum absolute atomic E-state index is 12.8. The SMILES string of the molecule is Cc1ccc(CCC(=O)c2c(O)cc(O)cc2O[C@@H]2O[C@@H](C)[C@H](O)[C@@H](O)[C@H]2O)cc1. The Labute approximate surface area is 173 Å². The fourth-order valence-electron chi connectivity index (χ4n) is 3.33. The molecule has 1 aliphatic heterocycles. The van der Waals surface area contributed by atoms with Crippen LogP contribution in [0.25, 0.3) is 0 Å². The number of Topliss-reactive ketones (excluding diaryl/α,β-unsaturated/α-hetero) is 1. The lowest BCUT2D eigenvalue weighted by molar-refractivity contribution is -0.268. The molecule has 3 rings (SSSR count). The molecule has 0 spiro atoms. The topological polar surface area (TPSA) is 137 Å². The number of carbonyl (C=O) groups is 1. The van der Waals surface area contributed by atoms with Gasteiger partial charge in [0.25, 0.3) is 0 Å². The molecule has 5 N–H and O–H groups in total. The molecule has 0 radical (unpaired) electrons. The molecule has 0 aromatic heterocycles. The first-order valence-electron chi connectivity index (χ1n) is 9.68. The van der Waals surface area contributed by atoms with Gasteiger partial charge in [-0.2, -0.15) is 0 Å². The molecule has 0 amide bonds. The second-order valence-corrected chi connectivity index (χ2v) is 7.55. The van der Waals surface area contributed by atoms with E-state index in [1.165, 1.54) is 6.92 Å². The molecule has 30 heavy (non-hydrogen) atoms. The second kappa shape index (κ2) is 9.01. The number of carbonyl (C=O) groups excluding carboxylic acids is 1. The Morgan fingerprint density at radius 2 is 1.70 bits per heavy atom. The van der Waals surface area contributed by atoms with Crippen LogP contribution in [0.5, 0.6) is 17.2 Å². The number of benzene rings is 2. The molecule has 8 nitrogen and oxygen atoms in total. The standard InChI is InChI=1S/C22H26O8/c1-11-3-5-13(6-4-11)7-8-15(24)18-16(25)9-14(23)10-17(18)30-22-21(28)20(27)19(26)12(2)29-22/h3-6,9-10,12,19-23,25-28H,7-8H2,1-2H3/t12-,19-,20+,21+,22-/m0/s1. The number of rotatable bonds is 6. The zero-order chi connectivity index (χ0) is 22.0. The maximum atomic E-state index is 12.8. The Hall–Kier alpha value is -2.65. The lowest BCUT2D eigenvalue weighted by Crippen LogP contribution is -2.58. The molecule has 1 fully saturated rings. The van der Waals surface area contributed by atoms with Crippen molar-refractivity contribution in [3.63, 3.8) is 0 Å². The minimum atomic E-state index is -1.60. The predicted octanol–water partition coefficient (Wildman–Crippen LogP) is 1.43. The van der Waals surface area contributed by atoms with E-state index in [2.05, 4.69) is 0 Å². The number of aromatic hydroxyl groups is 2. The molecule has 162 valence electrons. The zero-order valence-corrected chi connectivity index (χ0v) is 16.7. The summed E-state index contributed by atoms with van der Waals surface area (Å²) in [6.07, 6.45) is -6.19. The Morgan fingerprint density at radius 1 is 1.03 bits per heavy atom. The number of phenolic OH excluding ortho intramolecular Hbond substituents is 2. The van der Waals surface area contributed by atoms with Crippen LogP contribution in [0.2, 0.25) is 0 Å². The van der Waals surface area contributed by atoms with Gasteiger partial charge in [0, 0.05) is 18.6 Å². The van der Waals surface area contributed by atoms with E-state index in [0.29, 0.717) is 6.42 Å². The molecule has 1 saturated heterocycles. The van der Waals surface area contributed by atoms with Crippen LogP contribution in [-0.4, -0.2) is 62.0 Å². The van der Waals surface area contributed by atoms with Crippen LogP contribution < -0.4 is 4.74 Å². The lowest BCUT2D eigenvalue weighted by Gasteiger charge is -2.39. The highest BCUT2D eigenvalue weighted by Crippen LogP contribution is 2.36. The van der Waals surface area contributed by atoms with Gasteiger partial charge in [-0.15, -0.1) is 0 Å². The molecule has 1 aliphatic rings. The first-order chi connectivity index (χ1) is 14.2. The van der Waals surface area contributed by atoms with Gasteiger partial charge in [-0.05, 0) is 25.8 Å². The van der Waals surface area contributed by atoms with Crippen molar-refractivity contribution in [2.24, 2.45) is 0 Å². The Balaban J connectivity index is 1.81. The van der Waals surface area contributed by atoms with Crippen LogP contribution in [0, 0.1) is 6.92 Å². The molecule has 0 unspecified atom stereocenters. The van der Waals surface area contributed by atoms with Gasteiger partial charge in [0.1, 0.15) is 41.1 Å². The maximum Gasteiger partial charge on any atom is 0.229 e. The minimum absolute atomic E-state index is 0.0730. The van der Waals surface area contributed by atoms with E-state index in [4.69, 9.17) is 9.47 Å².